The molecule has 0 spiro atoms. The van der Waals surface area contributed by atoms with E-state index >= 15 is 0 Å². The molecule has 1 N–H and O–H groups in total. The Bertz CT molecular complexity index is 929. The fourth-order valence-corrected chi connectivity index (χ4v) is 3.81. The molecule has 3 aromatic rings. The maximum atomic E-state index is 6.06. The number of aryl methyl sites for hydroxylation is 1. The fraction of sp³-hybridized carbons (Fsp3) is 0.333. The Morgan fingerprint density at radius 2 is 2.04 bits per heavy atom. The molecule has 2 aromatic heterocycles. The summed E-state index contributed by atoms with van der Waals surface area (Å²) in [5, 5.41) is 3.40. The van der Waals surface area contributed by atoms with Gasteiger partial charge >= 0.3 is 0 Å². The van der Waals surface area contributed by atoms with Gasteiger partial charge in [-0.3, -0.25) is 4.98 Å². The lowest BCUT2D eigenvalue weighted by atomic mass is 9.85. The van der Waals surface area contributed by atoms with Crippen LogP contribution in [0.15, 0.2) is 47.0 Å². The van der Waals surface area contributed by atoms with Crippen LogP contribution in [0.1, 0.15) is 41.1 Å². The van der Waals surface area contributed by atoms with E-state index in [0.29, 0.717) is 17.9 Å². The molecule has 1 fully saturated rings. The van der Waals surface area contributed by atoms with Crippen molar-refractivity contribution in [3.05, 3.63) is 65.3 Å². The summed E-state index contributed by atoms with van der Waals surface area (Å²) in [6, 6.07) is 12.6. The predicted octanol–water partition coefficient (Wildman–Crippen LogP) is 3.66. The summed E-state index contributed by atoms with van der Waals surface area (Å²) in [6.45, 7) is 1.06. The van der Waals surface area contributed by atoms with Crippen molar-refractivity contribution >= 4 is 0 Å². The number of nitrogens with one attached hydrogen (secondary N) is 1. The smallest absolute Gasteiger partial charge is 0.226 e. The monoisotopic (exact) mass is 347 g/mol. The highest BCUT2D eigenvalue weighted by Crippen LogP contribution is 2.37. The van der Waals surface area contributed by atoms with E-state index in [0.717, 1.165) is 48.6 Å². The largest absolute Gasteiger partial charge is 0.497 e. The number of benzene rings is 1. The zero-order valence-corrected chi connectivity index (χ0v) is 14.7. The summed E-state index contributed by atoms with van der Waals surface area (Å²) in [7, 11) is 1.67. The molecule has 2 atom stereocenters. The van der Waals surface area contributed by atoms with Crippen molar-refractivity contribution in [1.29, 1.82) is 0 Å². The Morgan fingerprint density at radius 1 is 1.19 bits per heavy atom. The molecule has 2 unspecified atom stereocenters. The zero-order chi connectivity index (χ0) is 17.5. The maximum absolute atomic E-state index is 6.06. The third-order valence-electron chi connectivity index (χ3n) is 5.32. The van der Waals surface area contributed by atoms with Crippen LogP contribution in [0.2, 0.25) is 0 Å². The predicted molar refractivity (Wildman–Crippen MR) is 98.2 cm³/mol. The number of methoxy groups -OCH3 is 1. The molecule has 5 heteroatoms. The Morgan fingerprint density at radius 3 is 2.81 bits per heavy atom. The number of oxazole rings is 1. The van der Waals surface area contributed by atoms with E-state index in [9.17, 15) is 0 Å². The molecule has 1 aliphatic heterocycles. The highest BCUT2D eigenvalue weighted by Gasteiger charge is 2.32. The molecular formula is C21H21N3O2. The highest BCUT2D eigenvalue weighted by molar-refractivity contribution is 5.55. The molecule has 1 saturated heterocycles. The summed E-state index contributed by atoms with van der Waals surface area (Å²) in [5.41, 5.74) is 4.63. The van der Waals surface area contributed by atoms with Gasteiger partial charge < -0.3 is 14.5 Å². The van der Waals surface area contributed by atoms with E-state index in [2.05, 4.69) is 11.4 Å². The molecule has 2 aliphatic rings. The Labute approximate surface area is 152 Å². The minimum absolute atomic E-state index is 0.412. The van der Waals surface area contributed by atoms with Crippen LogP contribution < -0.4 is 10.1 Å². The van der Waals surface area contributed by atoms with Gasteiger partial charge in [-0.1, -0.05) is 6.07 Å². The summed E-state index contributed by atoms with van der Waals surface area (Å²) in [5.74, 6) is 2.97. The topological polar surface area (TPSA) is 70.1 Å². The number of pyridine rings is 1. The summed E-state index contributed by atoms with van der Waals surface area (Å²) in [6.07, 6.45) is 4.77. The molecular weight excluding hydrogens is 326 g/mol. The molecule has 1 aromatic carbocycles. The lowest BCUT2D eigenvalue weighted by Gasteiger charge is -2.21. The second kappa shape index (κ2) is 6.25. The van der Waals surface area contributed by atoms with Gasteiger partial charge in [0.25, 0.3) is 0 Å². The summed E-state index contributed by atoms with van der Waals surface area (Å²) >= 11 is 0. The molecule has 3 heterocycles. The maximum Gasteiger partial charge on any atom is 0.226 e. The molecule has 26 heavy (non-hydrogen) atoms. The Hall–Kier alpha value is -2.66. The van der Waals surface area contributed by atoms with Gasteiger partial charge in [-0.25, -0.2) is 4.98 Å². The van der Waals surface area contributed by atoms with Crippen molar-refractivity contribution in [2.45, 2.75) is 31.2 Å². The standard InChI is InChI=1S/C21H21N3O2/c1-25-15-7-4-13(5-8-15)21-24-17-11-14(6-9-19(17)26-21)20-16(18-12-23-18)3-2-10-22-20/h2-5,7-8,10,14,18,23H,6,9,11-12H2,1H3. The third kappa shape index (κ3) is 2.78. The van der Waals surface area contributed by atoms with Crippen molar-refractivity contribution in [2.75, 3.05) is 13.7 Å². The molecule has 0 radical (unpaired) electrons. The zero-order valence-electron chi connectivity index (χ0n) is 14.7. The first-order valence-corrected chi connectivity index (χ1v) is 9.13. The van der Waals surface area contributed by atoms with Crippen LogP contribution in [0, 0.1) is 0 Å². The number of hydrogen-bond donors (Lipinski definition) is 1. The number of rotatable bonds is 4. The first kappa shape index (κ1) is 15.6. The molecule has 5 nitrogen and oxygen atoms in total. The number of aromatic nitrogens is 2. The van der Waals surface area contributed by atoms with Crippen LogP contribution in [-0.2, 0) is 12.8 Å². The number of fused-ring (bicyclic) bond motifs is 1. The van der Waals surface area contributed by atoms with Crippen molar-refractivity contribution in [2.24, 2.45) is 0 Å². The van der Waals surface area contributed by atoms with Crippen LogP contribution in [-0.4, -0.2) is 23.6 Å². The molecule has 132 valence electrons. The van der Waals surface area contributed by atoms with E-state index in [1.807, 2.05) is 36.5 Å². The van der Waals surface area contributed by atoms with E-state index in [-0.39, 0.29) is 0 Å². The van der Waals surface area contributed by atoms with Crippen molar-refractivity contribution < 1.29 is 9.15 Å². The van der Waals surface area contributed by atoms with Crippen LogP contribution in [0.5, 0.6) is 5.75 Å². The van der Waals surface area contributed by atoms with Gasteiger partial charge in [0.05, 0.1) is 12.8 Å². The van der Waals surface area contributed by atoms with E-state index in [1.165, 1.54) is 11.3 Å². The van der Waals surface area contributed by atoms with Gasteiger partial charge in [0.2, 0.25) is 5.89 Å². The average Bonchev–Trinajstić information content (AvgIpc) is 3.46. The Balaban J connectivity index is 1.42. The van der Waals surface area contributed by atoms with Gasteiger partial charge in [-0.15, -0.1) is 0 Å². The Kier molecular flexibility index (Phi) is 3.75. The SMILES string of the molecule is COc1ccc(-c2nc3c(o2)CCC(c2ncccc2C2CN2)C3)cc1. The van der Waals surface area contributed by atoms with Crippen LogP contribution >= 0.6 is 0 Å². The lowest BCUT2D eigenvalue weighted by molar-refractivity contribution is 0.414. The van der Waals surface area contributed by atoms with Crippen LogP contribution in [0.3, 0.4) is 0 Å². The van der Waals surface area contributed by atoms with E-state index in [4.69, 9.17) is 19.1 Å². The molecule has 1 aliphatic carbocycles. The summed E-state index contributed by atoms with van der Waals surface area (Å²) < 4.78 is 11.3. The van der Waals surface area contributed by atoms with Gasteiger partial charge in [0.15, 0.2) is 0 Å². The van der Waals surface area contributed by atoms with E-state index < -0.39 is 0 Å². The number of ether oxygens (including phenoxy) is 1. The van der Waals surface area contributed by atoms with Crippen molar-refractivity contribution in [3.8, 4) is 17.2 Å². The molecule has 0 bridgehead atoms. The summed E-state index contributed by atoms with van der Waals surface area (Å²) in [4.78, 5) is 9.50. The highest BCUT2D eigenvalue weighted by atomic mass is 16.5. The first-order chi connectivity index (χ1) is 12.8. The number of nitrogens with zero attached hydrogens (tertiary/aromatic N) is 2. The van der Waals surface area contributed by atoms with Crippen molar-refractivity contribution in [1.82, 2.24) is 15.3 Å². The second-order valence-corrected chi connectivity index (χ2v) is 7.00. The molecule has 0 amide bonds. The van der Waals surface area contributed by atoms with Gasteiger partial charge in [0.1, 0.15) is 11.5 Å². The number of hydrogen-bond acceptors (Lipinski definition) is 5. The fourth-order valence-electron chi connectivity index (χ4n) is 3.81. The minimum atomic E-state index is 0.412. The normalized spacial score (nSPS) is 21.3. The molecule has 5 rings (SSSR count). The van der Waals surface area contributed by atoms with Gasteiger partial charge in [0, 0.05) is 48.8 Å². The quantitative estimate of drug-likeness (QED) is 0.729. The van der Waals surface area contributed by atoms with Crippen molar-refractivity contribution in [3.63, 3.8) is 0 Å². The van der Waals surface area contributed by atoms with Crippen LogP contribution in [0.4, 0.5) is 0 Å². The van der Waals surface area contributed by atoms with E-state index in [1.54, 1.807) is 7.11 Å². The third-order valence-corrected chi connectivity index (χ3v) is 5.32. The first-order valence-electron chi connectivity index (χ1n) is 9.13. The minimum Gasteiger partial charge on any atom is -0.497 e. The van der Waals surface area contributed by atoms with Crippen LogP contribution in [0.25, 0.3) is 11.5 Å². The average molecular weight is 347 g/mol. The molecule has 0 saturated carbocycles. The second-order valence-electron chi connectivity index (χ2n) is 7.00. The lowest BCUT2D eigenvalue weighted by Crippen LogP contribution is -2.15. The van der Waals surface area contributed by atoms with Gasteiger partial charge in [-0.05, 0) is 42.3 Å². The van der Waals surface area contributed by atoms with Gasteiger partial charge in [-0.2, -0.15) is 0 Å².